The van der Waals surface area contributed by atoms with E-state index >= 15 is 0 Å². The Morgan fingerprint density at radius 3 is 2.69 bits per heavy atom. The fourth-order valence-electron chi connectivity index (χ4n) is 0.992. The molecule has 0 atom stereocenters. The Morgan fingerprint density at radius 1 is 1.38 bits per heavy atom. The van der Waals surface area contributed by atoms with E-state index in [1.165, 1.54) is 12.1 Å². The lowest BCUT2D eigenvalue weighted by Crippen LogP contribution is -2.26. The number of carbonyl (C=O) groups excluding carboxylic acids is 2. The van der Waals surface area contributed by atoms with Gasteiger partial charge in [-0.15, -0.1) is 10.2 Å². The van der Waals surface area contributed by atoms with E-state index in [-0.39, 0.29) is 29.1 Å². The number of halogens is 1. The van der Waals surface area contributed by atoms with Gasteiger partial charge in [-0.3, -0.25) is 9.59 Å². The highest BCUT2D eigenvalue weighted by Crippen LogP contribution is 2.01. The summed E-state index contributed by atoms with van der Waals surface area (Å²) >= 11 is 5.52. The van der Waals surface area contributed by atoms with Crippen molar-refractivity contribution in [3.8, 4) is 0 Å². The van der Waals surface area contributed by atoms with E-state index < -0.39 is 0 Å². The van der Waals surface area contributed by atoms with Gasteiger partial charge >= 0.3 is 0 Å². The van der Waals surface area contributed by atoms with Gasteiger partial charge < -0.3 is 11.1 Å². The Hall–Kier alpha value is -1.69. The number of aromatic nitrogens is 2. The summed E-state index contributed by atoms with van der Waals surface area (Å²) < 4.78 is 0. The van der Waals surface area contributed by atoms with Crippen LogP contribution >= 0.6 is 11.6 Å². The number of nitrogens with zero attached hydrogens (tertiary/aromatic N) is 2. The zero-order chi connectivity index (χ0) is 12.0. The summed E-state index contributed by atoms with van der Waals surface area (Å²) in [6.07, 6.45) is 0.745. The number of nitrogens with one attached hydrogen (secondary N) is 1. The molecule has 1 heterocycles. The summed E-state index contributed by atoms with van der Waals surface area (Å²) in [6, 6.07) is 2.95. The first-order chi connectivity index (χ1) is 7.59. The molecule has 0 spiro atoms. The fourth-order valence-corrected chi connectivity index (χ4v) is 1.09. The van der Waals surface area contributed by atoms with Crippen molar-refractivity contribution in [3.63, 3.8) is 0 Å². The third-order valence-electron chi connectivity index (χ3n) is 1.75. The molecular weight excluding hydrogens is 232 g/mol. The molecule has 1 rings (SSSR count). The van der Waals surface area contributed by atoms with Crippen LogP contribution in [0.15, 0.2) is 12.1 Å². The van der Waals surface area contributed by atoms with Crippen LogP contribution < -0.4 is 11.1 Å². The van der Waals surface area contributed by atoms with E-state index in [1.807, 2.05) is 0 Å². The number of rotatable bonds is 5. The molecule has 0 aliphatic rings. The predicted molar refractivity (Wildman–Crippen MR) is 57.8 cm³/mol. The molecular formula is C9H11ClN4O2. The van der Waals surface area contributed by atoms with Crippen molar-refractivity contribution in [1.29, 1.82) is 0 Å². The van der Waals surface area contributed by atoms with Crippen molar-refractivity contribution in [2.45, 2.75) is 12.8 Å². The van der Waals surface area contributed by atoms with E-state index in [1.54, 1.807) is 0 Å². The Kier molecular flexibility index (Phi) is 4.65. The number of hydrogen-bond acceptors (Lipinski definition) is 4. The van der Waals surface area contributed by atoms with Gasteiger partial charge in [-0.1, -0.05) is 11.6 Å². The van der Waals surface area contributed by atoms with Crippen molar-refractivity contribution in [2.24, 2.45) is 5.73 Å². The first kappa shape index (κ1) is 12.4. The van der Waals surface area contributed by atoms with Crippen LogP contribution in [0.5, 0.6) is 0 Å². The minimum absolute atomic E-state index is 0.184. The van der Waals surface area contributed by atoms with E-state index in [0.29, 0.717) is 13.0 Å². The van der Waals surface area contributed by atoms with Gasteiger partial charge in [0.1, 0.15) is 0 Å². The Bertz CT molecular complexity index is 380. The topological polar surface area (TPSA) is 98.0 Å². The molecule has 2 amide bonds. The summed E-state index contributed by atoms with van der Waals surface area (Å²) in [7, 11) is 0. The molecule has 0 aromatic carbocycles. The number of hydrogen-bond donors (Lipinski definition) is 2. The highest BCUT2D eigenvalue weighted by atomic mass is 35.5. The van der Waals surface area contributed by atoms with Gasteiger partial charge in [0, 0.05) is 13.0 Å². The molecule has 0 bridgehead atoms. The standard InChI is InChI=1S/C9H11ClN4O2/c10-7-4-3-6(13-14-7)9(16)12-5-1-2-8(11)15/h3-4H,1-2,5H2,(H2,11,15)(H,12,16). The smallest absolute Gasteiger partial charge is 0.271 e. The third-order valence-corrected chi connectivity index (χ3v) is 1.95. The summed E-state index contributed by atoms with van der Waals surface area (Å²) in [5.41, 5.74) is 5.13. The first-order valence-corrected chi connectivity index (χ1v) is 5.03. The lowest BCUT2D eigenvalue weighted by Gasteiger charge is -2.02. The van der Waals surface area contributed by atoms with Gasteiger partial charge in [-0.25, -0.2) is 0 Å². The van der Waals surface area contributed by atoms with Gasteiger partial charge in [0.25, 0.3) is 5.91 Å². The largest absolute Gasteiger partial charge is 0.370 e. The molecule has 0 aliphatic carbocycles. The van der Waals surface area contributed by atoms with Gasteiger partial charge in [0.15, 0.2) is 10.8 Å². The molecule has 0 saturated heterocycles. The minimum atomic E-state index is -0.388. The molecule has 3 N–H and O–H groups in total. The van der Waals surface area contributed by atoms with E-state index in [4.69, 9.17) is 17.3 Å². The Balaban J connectivity index is 2.35. The van der Waals surface area contributed by atoms with Gasteiger partial charge in [-0.2, -0.15) is 0 Å². The number of amides is 2. The number of primary amides is 1. The second-order valence-corrected chi connectivity index (χ2v) is 3.45. The highest BCUT2D eigenvalue weighted by molar-refractivity contribution is 6.29. The van der Waals surface area contributed by atoms with Crippen LogP contribution in [0.1, 0.15) is 23.3 Å². The van der Waals surface area contributed by atoms with Crippen LogP contribution in [0.2, 0.25) is 5.15 Å². The van der Waals surface area contributed by atoms with Crippen LogP contribution in [-0.4, -0.2) is 28.6 Å². The molecule has 16 heavy (non-hydrogen) atoms. The number of nitrogens with two attached hydrogens (primary N) is 1. The molecule has 1 aromatic heterocycles. The van der Waals surface area contributed by atoms with Crippen molar-refractivity contribution < 1.29 is 9.59 Å². The minimum Gasteiger partial charge on any atom is -0.370 e. The molecule has 0 unspecified atom stereocenters. The normalized spacial score (nSPS) is 9.81. The maximum atomic E-state index is 11.4. The van der Waals surface area contributed by atoms with E-state index in [9.17, 15) is 9.59 Å². The highest BCUT2D eigenvalue weighted by Gasteiger charge is 2.06. The summed E-state index contributed by atoms with van der Waals surface area (Å²) in [6.45, 7) is 0.367. The second-order valence-electron chi connectivity index (χ2n) is 3.07. The van der Waals surface area contributed by atoms with Crippen molar-refractivity contribution >= 4 is 23.4 Å². The molecule has 7 heteroatoms. The molecule has 0 aliphatic heterocycles. The van der Waals surface area contributed by atoms with Crippen LogP contribution in [0, 0.1) is 0 Å². The summed E-state index contributed by atoms with van der Waals surface area (Å²) in [5.74, 6) is -0.742. The molecule has 86 valence electrons. The van der Waals surface area contributed by atoms with Crippen molar-refractivity contribution in [2.75, 3.05) is 6.54 Å². The first-order valence-electron chi connectivity index (χ1n) is 4.65. The average Bonchev–Trinajstić information content (AvgIpc) is 2.25. The van der Waals surface area contributed by atoms with Crippen LogP contribution in [-0.2, 0) is 4.79 Å². The zero-order valence-electron chi connectivity index (χ0n) is 8.44. The third kappa shape index (κ3) is 4.22. The van der Waals surface area contributed by atoms with Crippen LogP contribution in [0.3, 0.4) is 0 Å². The number of carbonyl (C=O) groups is 2. The fraction of sp³-hybridized carbons (Fsp3) is 0.333. The average molecular weight is 243 g/mol. The van der Waals surface area contributed by atoms with Crippen molar-refractivity contribution in [3.05, 3.63) is 23.0 Å². The lowest BCUT2D eigenvalue weighted by atomic mass is 10.3. The molecule has 6 nitrogen and oxygen atoms in total. The SMILES string of the molecule is NC(=O)CCCNC(=O)c1ccc(Cl)nn1. The van der Waals surface area contributed by atoms with Crippen LogP contribution in [0.4, 0.5) is 0 Å². The van der Waals surface area contributed by atoms with Gasteiger partial charge in [-0.05, 0) is 18.6 Å². The zero-order valence-corrected chi connectivity index (χ0v) is 9.20. The molecule has 1 aromatic rings. The van der Waals surface area contributed by atoms with E-state index in [2.05, 4.69) is 15.5 Å². The predicted octanol–water partition coefficient (Wildman–Crippen LogP) is 0.125. The lowest BCUT2D eigenvalue weighted by molar-refractivity contribution is -0.118. The monoisotopic (exact) mass is 242 g/mol. The van der Waals surface area contributed by atoms with Gasteiger partial charge in [0.05, 0.1) is 0 Å². The molecule has 0 fully saturated rings. The second kappa shape index (κ2) is 6.02. The van der Waals surface area contributed by atoms with Gasteiger partial charge in [0.2, 0.25) is 5.91 Å². The van der Waals surface area contributed by atoms with E-state index in [0.717, 1.165) is 0 Å². The molecule has 0 saturated carbocycles. The maximum absolute atomic E-state index is 11.4. The Morgan fingerprint density at radius 2 is 2.12 bits per heavy atom. The molecule has 0 radical (unpaired) electrons. The quantitative estimate of drug-likeness (QED) is 0.717. The summed E-state index contributed by atoms with van der Waals surface area (Å²) in [4.78, 5) is 21.9. The van der Waals surface area contributed by atoms with Crippen LogP contribution in [0.25, 0.3) is 0 Å². The Labute approximate surface area is 97.2 Å². The van der Waals surface area contributed by atoms with Crippen molar-refractivity contribution in [1.82, 2.24) is 15.5 Å². The summed E-state index contributed by atoms with van der Waals surface area (Å²) in [5, 5.41) is 9.95. The maximum Gasteiger partial charge on any atom is 0.271 e.